The van der Waals surface area contributed by atoms with Crippen molar-refractivity contribution in [1.29, 1.82) is 0 Å². The number of aliphatic imine (C=N–C) groups is 1. The van der Waals surface area contributed by atoms with Gasteiger partial charge >= 0.3 is 0 Å². The van der Waals surface area contributed by atoms with Crippen LogP contribution >= 0.6 is 0 Å². The number of hydrogen-bond donors (Lipinski definition) is 3. The fraction of sp³-hybridized carbons (Fsp3) is 0.391. The summed E-state index contributed by atoms with van der Waals surface area (Å²) in [4.78, 5) is 15.8. The van der Waals surface area contributed by atoms with E-state index in [2.05, 4.69) is 60.7 Å². The normalized spacial score (nSPS) is 11.9. The topological polar surface area (TPSA) is 79.5 Å². The second-order valence-electron chi connectivity index (χ2n) is 7.54. The number of carbonyl (C=O) groups excluding carboxylic acids is 1. The van der Waals surface area contributed by atoms with Crippen molar-refractivity contribution in [1.82, 2.24) is 10.6 Å². The van der Waals surface area contributed by atoms with E-state index in [1.54, 1.807) is 12.1 Å². The van der Waals surface area contributed by atoms with E-state index in [0.717, 1.165) is 31.0 Å². The van der Waals surface area contributed by atoms with Gasteiger partial charge in [-0.15, -0.1) is 0 Å². The minimum atomic E-state index is -0.417. The molecule has 2 aromatic rings. The van der Waals surface area contributed by atoms with Gasteiger partial charge in [-0.2, -0.15) is 0 Å². The van der Waals surface area contributed by atoms with Crippen molar-refractivity contribution in [3.8, 4) is 0 Å². The molecule has 0 saturated heterocycles. The maximum absolute atomic E-state index is 11.2. The molecule has 0 aromatic heterocycles. The van der Waals surface area contributed by atoms with Crippen LogP contribution in [-0.2, 0) is 18.4 Å². The van der Waals surface area contributed by atoms with E-state index in [-0.39, 0.29) is 5.41 Å². The lowest BCUT2D eigenvalue weighted by Gasteiger charge is -2.27. The van der Waals surface area contributed by atoms with E-state index in [1.807, 2.05) is 19.1 Å². The van der Waals surface area contributed by atoms with Gasteiger partial charge in [-0.3, -0.25) is 4.79 Å². The molecule has 0 saturated carbocycles. The molecule has 0 aliphatic carbocycles. The van der Waals surface area contributed by atoms with Crippen LogP contribution in [0.1, 0.15) is 54.7 Å². The molecule has 0 aliphatic heterocycles. The lowest BCUT2D eigenvalue weighted by Crippen LogP contribution is -2.43. The molecule has 5 nitrogen and oxygen atoms in total. The molecule has 2 rings (SSSR count). The minimum Gasteiger partial charge on any atom is -0.366 e. The molecule has 0 aliphatic rings. The summed E-state index contributed by atoms with van der Waals surface area (Å²) in [6, 6.07) is 16.1. The second-order valence-corrected chi connectivity index (χ2v) is 7.54. The maximum Gasteiger partial charge on any atom is 0.248 e. The number of primary amides is 1. The number of nitrogens with zero attached hydrogens (tertiary/aromatic N) is 1. The third-order valence-corrected chi connectivity index (χ3v) is 4.84. The monoisotopic (exact) mass is 380 g/mol. The van der Waals surface area contributed by atoms with Gasteiger partial charge in [0.05, 0.1) is 6.54 Å². The Hall–Kier alpha value is -2.82. The first-order valence-electron chi connectivity index (χ1n) is 9.86. The summed E-state index contributed by atoms with van der Waals surface area (Å²) in [5.74, 6) is 0.360. The van der Waals surface area contributed by atoms with Gasteiger partial charge < -0.3 is 16.4 Å². The molecule has 4 N–H and O–H groups in total. The first-order chi connectivity index (χ1) is 13.4. The summed E-state index contributed by atoms with van der Waals surface area (Å²) in [6.45, 7) is 10.8. The Balaban J connectivity index is 2.02. The Morgan fingerprint density at radius 3 is 2.11 bits per heavy atom. The first kappa shape index (κ1) is 21.5. The van der Waals surface area contributed by atoms with Crippen molar-refractivity contribution < 1.29 is 4.79 Å². The molecule has 0 heterocycles. The third-order valence-electron chi connectivity index (χ3n) is 4.84. The SMILES string of the molecule is CCNC(=NCc1ccc(C(N)=O)cc1)NCC(C)(C)c1ccc(CC)cc1. The standard InChI is InChI=1S/C23H32N4O/c1-5-17-9-13-20(14-10-17)23(3,4)16-27-22(25-6-2)26-15-18-7-11-19(12-8-18)21(24)28/h7-14H,5-6,15-16H2,1-4H3,(H2,24,28)(H2,25,26,27). The number of hydrogen-bond acceptors (Lipinski definition) is 2. The maximum atomic E-state index is 11.2. The van der Waals surface area contributed by atoms with Crippen molar-refractivity contribution >= 4 is 11.9 Å². The highest BCUT2D eigenvalue weighted by Gasteiger charge is 2.20. The van der Waals surface area contributed by atoms with Crippen LogP contribution in [-0.4, -0.2) is 25.0 Å². The fourth-order valence-electron chi connectivity index (χ4n) is 2.88. The summed E-state index contributed by atoms with van der Waals surface area (Å²) in [7, 11) is 0. The third kappa shape index (κ3) is 6.12. The summed E-state index contributed by atoms with van der Waals surface area (Å²) < 4.78 is 0. The van der Waals surface area contributed by atoms with Gasteiger partial charge in [0.2, 0.25) is 5.91 Å². The van der Waals surface area contributed by atoms with Crippen LogP contribution in [0.2, 0.25) is 0 Å². The van der Waals surface area contributed by atoms with Crippen LogP contribution in [0.5, 0.6) is 0 Å². The zero-order valence-corrected chi connectivity index (χ0v) is 17.4. The van der Waals surface area contributed by atoms with Crippen LogP contribution in [0.15, 0.2) is 53.5 Å². The van der Waals surface area contributed by atoms with Crippen LogP contribution < -0.4 is 16.4 Å². The number of nitrogens with one attached hydrogen (secondary N) is 2. The van der Waals surface area contributed by atoms with Gasteiger partial charge in [-0.05, 0) is 42.2 Å². The predicted octanol–water partition coefficient (Wildman–Crippen LogP) is 3.38. The number of benzene rings is 2. The van der Waals surface area contributed by atoms with Crippen molar-refractivity contribution in [3.05, 3.63) is 70.8 Å². The average molecular weight is 381 g/mol. The molecule has 28 heavy (non-hydrogen) atoms. The van der Waals surface area contributed by atoms with E-state index in [1.165, 1.54) is 11.1 Å². The van der Waals surface area contributed by atoms with Crippen LogP contribution in [0.4, 0.5) is 0 Å². The number of amides is 1. The molecule has 5 heteroatoms. The number of carbonyl (C=O) groups is 1. The van der Waals surface area contributed by atoms with Gasteiger partial charge in [-0.25, -0.2) is 4.99 Å². The molecule has 0 radical (unpaired) electrons. The van der Waals surface area contributed by atoms with E-state index < -0.39 is 5.91 Å². The predicted molar refractivity (Wildman–Crippen MR) is 117 cm³/mol. The van der Waals surface area contributed by atoms with E-state index >= 15 is 0 Å². The number of guanidine groups is 1. The second kappa shape index (κ2) is 9.93. The van der Waals surface area contributed by atoms with Crippen LogP contribution in [0.25, 0.3) is 0 Å². The molecule has 0 unspecified atom stereocenters. The molecule has 150 valence electrons. The smallest absolute Gasteiger partial charge is 0.248 e. The quantitative estimate of drug-likeness (QED) is 0.485. The average Bonchev–Trinajstić information content (AvgIpc) is 2.70. The van der Waals surface area contributed by atoms with Gasteiger partial charge in [0.1, 0.15) is 0 Å². The fourth-order valence-corrected chi connectivity index (χ4v) is 2.88. The summed E-state index contributed by atoms with van der Waals surface area (Å²) in [5.41, 5.74) is 9.45. The summed E-state index contributed by atoms with van der Waals surface area (Å²) in [6.07, 6.45) is 1.05. The largest absolute Gasteiger partial charge is 0.366 e. The highest BCUT2D eigenvalue weighted by Crippen LogP contribution is 2.22. The number of rotatable bonds is 8. The Kier molecular flexibility index (Phi) is 7.61. The van der Waals surface area contributed by atoms with E-state index in [9.17, 15) is 4.79 Å². The first-order valence-corrected chi connectivity index (χ1v) is 9.86. The van der Waals surface area contributed by atoms with E-state index in [4.69, 9.17) is 5.73 Å². The van der Waals surface area contributed by atoms with Crippen molar-refractivity contribution in [2.45, 2.75) is 46.1 Å². The Labute approximate surface area is 168 Å². The van der Waals surface area contributed by atoms with Gasteiger partial charge in [0, 0.05) is 24.1 Å². The Morgan fingerprint density at radius 1 is 0.964 bits per heavy atom. The van der Waals surface area contributed by atoms with Gasteiger partial charge in [0.25, 0.3) is 0 Å². The van der Waals surface area contributed by atoms with Gasteiger partial charge in [-0.1, -0.05) is 57.2 Å². The zero-order valence-electron chi connectivity index (χ0n) is 17.4. The van der Waals surface area contributed by atoms with Crippen LogP contribution in [0.3, 0.4) is 0 Å². The molecule has 0 fully saturated rings. The molecular formula is C23H32N4O. The van der Waals surface area contributed by atoms with Crippen molar-refractivity contribution in [2.75, 3.05) is 13.1 Å². The Morgan fingerprint density at radius 2 is 1.57 bits per heavy atom. The molecule has 1 amide bonds. The lowest BCUT2D eigenvalue weighted by molar-refractivity contribution is 0.100. The highest BCUT2D eigenvalue weighted by atomic mass is 16.1. The lowest BCUT2D eigenvalue weighted by atomic mass is 9.84. The summed E-state index contributed by atoms with van der Waals surface area (Å²) >= 11 is 0. The van der Waals surface area contributed by atoms with Crippen LogP contribution in [0, 0.1) is 0 Å². The Bertz CT molecular complexity index is 792. The van der Waals surface area contributed by atoms with Gasteiger partial charge in [0.15, 0.2) is 5.96 Å². The number of aryl methyl sites for hydroxylation is 1. The molecule has 0 spiro atoms. The van der Waals surface area contributed by atoms with E-state index in [0.29, 0.717) is 12.1 Å². The molecule has 0 bridgehead atoms. The van der Waals surface area contributed by atoms with Crippen molar-refractivity contribution in [3.63, 3.8) is 0 Å². The summed E-state index contributed by atoms with van der Waals surface area (Å²) in [5, 5.41) is 6.74. The minimum absolute atomic E-state index is 0.0222. The molecule has 0 atom stereocenters. The zero-order chi connectivity index (χ0) is 20.6. The van der Waals surface area contributed by atoms with Crippen molar-refractivity contribution in [2.24, 2.45) is 10.7 Å². The molecular weight excluding hydrogens is 348 g/mol. The highest BCUT2D eigenvalue weighted by molar-refractivity contribution is 5.92. The number of nitrogens with two attached hydrogens (primary N) is 1. The molecule has 2 aromatic carbocycles.